The van der Waals surface area contributed by atoms with Crippen LogP contribution >= 0.6 is 0 Å². The first-order valence-corrected chi connectivity index (χ1v) is 9.04. The summed E-state index contributed by atoms with van der Waals surface area (Å²) in [5, 5.41) is 6.08. The van der Waals surface area contributed by atoms with Crippen LogP contribution in [0.1, 0.15) is 32.8 Å². The molecule has 9 heteroatoms. The Bertz CT molecular complexity index is 899. The van der Waals surface area contributed by atoms with Crippen molar-refractivity contribution < 1.29 is 22.8 Å². The molecule has 2 aliphatic rings. The van der Waals surface area contributed by atoms with Crippen LogP contribution in [0.25, 0.3) is 0 Å². The Morgan fingerprint density at radius 1 is 1.14 bits per heavy atom. The van der Waals surface area contributed by atoms with Crippen molar-refractivity contribution in [2.45, 2.75) is 25.2 Å². The van der Waals surface area contributed by atoms with Gasteiger partial charge in [-0.2, -0.15) is 13.2 Å². The maximum Gasteiger partial charge on any atom is 0.416 e. The van der Waals surface area contributed by atoms with Crippen molar-refractivity contribution in [2.75, 3.05) is 24.5 Å². The first-order valence-electron chi connectivity index (χ1n) is 9.04. The number of aromatic nitrogens is 1. The predicted octanol–water partition coefficient (Wildman–Crippen LogP) is 2.26. The summed E-state index contributed by atoms with van der Waals surface area (Å²) in [6.07, 6.45) is -1.91. The fourth-order valence-electron chi connectivity index (χ4n) is 3.64. The van der Waals surface area contributed by atoms with E-state index in [2.05, 4.69) is 10.6 Å². The molecule has 0 bridgehead atoms. The van der Waals surface area contributed by atoms with Crippen LogP contribution in [-0.2, 0) is 12.7 Å². The van der Waals surface area contributed by atoms with Crippen molar-refractivity contribution >= 4 is 17.5 Å². The van der Waals surface area contributed by atoms with Gasteiger partial charge in [-0.15, -0.1) is 0 Å². The molecular formula is C19H19F3N4O2. The molecule has 28 heavy (non-hydrogen) atoms. The van der Waals surface area contributed by atoms with Gasteiger partial charge in [0.2, 0.25) is 0 Å². The van der Waals surface area contributed by atoms with Crippen LogP contribution in [0.5, 0.6) is 0 Å². The summed E-state index contributed by atoms with van der Waals surface area (Å²) in [6, 6.07) is 6.11. The molecule has 2 N–H and O–H groups in total. The second kappa shape index (κ2) is 6.97. The fraction of sp³-hybridized carbons (Fsp3) is 0.368. The van der Waals surface area contributed by atoms with E-state index in [1.807, 2.05) is 0 Å². The van der Waals surface area contributed by atoms with Gasteiger partial charge in [0.15, 0.2) is 0 Å². The van der Waals surface area contributed by atoms with E-state index in [1.165, 1.54) is 17.0 Å². The summed E-state index contributed by atoms with van der Waals surface area (Å²) in [5.74, 6) is -0.712. The Kier molecular flexibility index (Phi) is 4.62. The van der Waals surface area contributed by atoms with Gasteiger partial charge in [-0.3, -0.25) is 9.59 Å². The molecule has 2 aliphatic heterocycles. The normalized spacial score (nSPS) is 19.6. The van der Waals surface area contributed by atoms with Gasteiger partial charge >= 0.3 is 6.18 Å². The van der Waals surface area contributed by atoms with Gasteiger partial charge in [-0.05, 0) is 43.3 Å². The smallest absolute Gasteiger partial charge is 0.348 e. The van der Waals surface area contributed by atoms with Gasteiger partial charge < -0.3 is 20.1 Å². The molecule has 148 valence electrons. The third-order valence-electron chi connectivity index (χ3n) is 5.12. The van der Waals surface area contributed by atoms with Crippen molar-refractivity contribution in [3.63, 3.8) is 0 Å². The minimum Gasteiger partial charge on any atom is -0.348 e. The third-order valence-corrected chi connectivity index (χ3v) is 5.12. The molecule has 1 aromatic carbocycles. The van der Waals surface area contributed by atoms with Crippen LogP contribution in [0.2, 0.25) is 0 Å². The molecule has 0 radical (unpaired) electrons. The average molecular weight is 392 g/mol. The van der Waals surface area contributed by atoms with Gasteiger partial charge in [0.25, 0.3) is 11.8 Å². The molecule has 0 saturated carbocycles. The molecule has 0 aliphatic carbocycles. The first-order chi connectivity index (χ1) is 13.3. The monoisotopic (exact) mass is 392 g/mol. The molecule has 3 heterocycles. The molecule has 2 aromatic rings. The highest BCUT2D eigenvalue weighted by Crippen LogP contribution is 2.31. The predicted molar refractivity (Wildman–Crippen MR) is 96.3 cm³/mol. The standard InChI is InChI=1S/C19H19F3N4O2/c20-19(21,22)12-1-3-14(4-2-12)26-10-9-25-8-6-15(16(25)18(26)28)17(27)24-13-5-7-23-11-13/h1-4,6,8,13,23H,5,7,9-11H2,(H,24,27). The quantitative estimate of drug-likeness (QED) is 0.842. The van der Waals surface area contributed by atoms with Crippen LogP contribution in [0.4, 0.5) is 18.9 Å². The van der Waals surface area contributed by atoms with Crippen molar-refractivity contribution in [1.82, 2.24) is 15.2 Å². The van der Waals surface area contributed by atoms with Gasteiger partial charge in [-0.1, -0.05) is 0 Å². The number of carbonyl (C=O) groups is 2. The number of benzene rings is 1. The zero-order valence-corrected chi connectivity index (χ0v) is 14.9. The molecule has 2 amide bonds. The highest BCUT2D eigenvalue weighted by molar-refractivity contribution is 6.13. The minimum absolute atomic E-state index is 0.0211. The van der Waals surface area contributed by atoms with Crippen molar-refractivity contribution in [3.8, 4) is 0 Å². The first kappa shape index (κ1) is 18.5. The second-order valence-electron chi connectivity index (χ2n) is 6.94. The molecule has 6 nitrogen and oxygen atoms in total. The van der Waals surface area contributed by atoms with Crippen LogP contribution in [0.3, 0.4) is 0 Å². The van der Waals surface area contributed by atoms with E-state index in [0.29, 0.717) is 25.3 Å². The molecule has 1 unspecified atom stereocenters. The fourth-order valence-corrected chi connectivity index (χ4v) is 3.64. The average Bonchev–Trinajstić information content (AvgIpc) is 3.31. The summed E-state index contributed by atoms with van der Waals surface area (Å²) < 4.78 is 40.0. The summed E-state index contributed by atoms with van der Waals surface area (Å²) in [4.78, 5) is 27.0. The number of carbonyl (C=O) groups excluding carboxylic acids is 2. The molecule has 0 spiro atoms. The minimum atomic E-state index is -4.43. The number of alkyl halides is 3. The highest BCUT2D eigenvalue weighted by Gasteiger charge is 2.33. The third kappa shape index (κ3) is 3.37. The number of nitrogens with one attached hydrogen (secondary N) is 2. The number of nitrogens with zero attached hydrogens (tertiary/aromatic N) is 2. The van der Waals surface area contributed by atoms with Gasteiger partial charge in [0.1, 0.15) is 5.69 Å². The summed E-state index contributed by atoms with van der Waals surface area (Å²) >= 11 is 0. The Balaban J connectivity index is 1.57. The highest BCUT2D eigenvalue weighted by atomic mass is 19.4. The number of amides is 2. The molecule has 1 fully saturated rings. The summed E-state index contributed by atoms with van der Waals surface area (Å²) in [7, 11) is 0. The lowest BCUT2D eigenvalue weighted by Gasteiger charge is -2.29. The molecule has 1 aromatic heterocycles. The van der Waals surface area contributed by atoms with E-state index in [0.717, 1.165) is 25.1 Å². The van der Waals surface area contributed by atoms with Crippen LogP contribution < -0.4 is 15.5 Å². The number of anilines is 1. The van der Waals surface area contributed by atoms with Gasteiger partial charge in [0.05, 0.1) is 11.1 Å². The largest absolute Gasteiger partial charge is 0.416 e. The Labute approximate surface area is 159 Å². The van der Waals surface area contributed by atoms with E-state index < -0.39 is 17.6 Å². The van der Waals surface area contributed by atoms with Gasteiger partial charge in [-0.25, -0.2) is 0 Å². The lowest BCUT2D eigenvalue weighted by atomic mass is 10.1. The van der Waals surface area contributed by atoms with E-state index in [1.54, 1.807) is 16.8 Å². The zero-order valence-electron chi connectivity index (χ0n) is 14.9. The van der Waals surface area contributed by atoms with Crippen LogP contribution in [-0.4, -0.2) is 42.1 Å². The molecule has 1 atom stereocenters. The Morgan fingerprint density at radius 3 is 2.54 bits per heavy atom. The Morgan fingerprint density at radius 2 is 1.89 bits per heavy atom. The van der Waals surface area contributed by atoms with E-state index >= 15 is 0 Å². The molecule has 1 saturated heterocycles. The van der Waals surface area contributed by atoms with Crippen molar-refractivity contribution in [3.05, 3.63) is 53.3 Å². The number of fused-ring (bicyclic) bond motifs is 1. The second-order valence-corrected chi connectivity index (χ2v) is 6.94. The van der Waals surface area contributed by atoms with Gasteiger partial charge in [0, 0.05) is 37.6 Å². The lowest BCUT2D eigenvalue weighted by molar-refractivity contribution is -0.137. The zero-order chi connectivity index (χ0) is 19.9. The van der Waals surface area contributed by atoms with Crippen LogP contribution in [0, 0.1) is 0 Å². The maximum atomic E-state index is 13.0. The topological polar surface area (TPSA) is 66.4 Å². The van der Waals surface area contributed by atoms with E-state index in [9.17, 15) is 22.8 Å². The van der Waals surface area contributed by atoms with E-state index in [-0.39, 0.29) is 23.2 Å². The SMILES string of the molecule is O=C(NC1CCNC1)c1ccn2c1C(=O)N(c1ccc(C(F)(F)F)cc1)CC2. The molecular weight excluding hydrogens is 373 g/mol. The van der Waals surface area contributed by atoms with E-state index in [4.69, 9.17) is 0 Å². The van der Waals surface area contributed by atoms with Crippen LogP contribution in [0.15, 0.2) is 36.5 Å². The molecule has 4 rings (SSSR count). The maximum absolute atomic E-state index is 13.0. The Hall–Kier alpha value is -2.81. The summed E-state index contributed by atoms with van der Waals surface area (Å²) in [6.45, 7) is 2.30. The summed E-state index contributed by atoms with van der Waals surface area (Å²) in [5.41, 5.74) is 0.147. The lowest BCUT2D eigenvalue weighted by Crippen LogP contribution is -2.42. The number of hydrogen-bond donors (Lipinski definition) is 2. The van der Waals surface area contributed by atoms with Crippen molar-refractivity contribution in [2.24, 2.45) is 0 Å². The number of rotatable bonds is 3. The number of halogens is 3. The number of hydrogen-bond acceptors (Lipinski definition) is 3. The van der Waals surface area contributed by atoms with Crippen molar-refractivity contribution in [1.29, 1.82) is 0 Å².